The van der Waals surface area contributed by atoms with Crippen molar-refractivity contribution in [1.82, 2.24) is 0 Å². The molecule has 0 saturated heterocycles. The third-order valence-electron chi connectivity index (χ3n) is 9.06. The van der Waals surface area contributed by atoms with Crippen molar-refractivity contribution in [3.8, 4) is 5.75 Å². The molecule has 6 heteroatoms. The molecule has 0 amide bonds. The number of ether oxygens (including phenoxy) is 2. The van der Waals surface area contributed by atoms with Gasteiger partial charge in [0.25, 0.3) is 0 Å². The van der Waals surface area contributed by atoms with Crippen molar-refractivity contribution in [2.45, 2.75) is 65.0 Å². The van der Waals surface area contributed by atoms with E-state index < -0.39 is 11.5 Å². The number of rotatable bonds is 7. The average Bonchev–Trinajstić information content (AvgIpc) is 3.25. The summed E-state index contributed by atoms with van der Waals surface area (Å²) in [6.07, 6.45) is 5.39. The van der Waals surface area contributed by atoms with Gasteiger partial charge in [0.1, 0.15) is 12.4 Å². The Hall–Kier alpha value is -2.31. The van der Waals surface area contributed by atoms with Gasteiger partial charge in [0.15, 0.2) is 0 Å². The standard InChI is InChI=1S/C28H39NO5/c1-17-6-9-24-27(3,12-10-25(31)28(24,4)16-30)21(17)15-23(20-11-13-34-26(20)32)29-22-8-7-19(33-5)14-18(22)2/h7-8,11,14,21,23-25,29-31H,1,6,9-10,12-13,15-16H2,2-5H3/t21-,23?,24?,25?,27+,28-/m0/s1. The third-order valence-corrected chi connectivity index (χ3v) is 9.06. The van der Waals surface area contributed by atoms with E-state index in [0.29, 0.717) is 25.0 Å². The molecule has 0 radical (unpaired) electrons. The zero-order chi connectivity index (χ0) is 24.7. The summed E-state index contributed by atoms with van der Waals surface area (Å²) in [5.41, 5.74) is 3.19. The number of allylic oxidation sites excluding steroid dienone is 1. The lowest BCUT2D eigenvalue weighted by molar-refractivity contribution is -0.152. The molecule has 0 bridgehead atoms. The average molecular weight is 470 g/mol. The van der Waals surface area contributed by atoms with Crippen LogP contribution in [0.2, 0.25) is 0 Å². The Morgan fingerprint density at radius 2 is 2.09 bits per heavy atom. The first kappa shape index (κ1) is 24.8. The normalized spacial score (nSPS) is 34.2. The van der Waals surface area contributed by atoms with E-state index in [4.69, 9.17) is 9.47 Å². The lowest BCUT2D eigenvalue weighted by Crippen LogP contribution is -2.58. The summed E-state index contributed by atoms with van der Waals surface area (Å²) in [5.74, 6) is 0.845. The maximum Gasteiger partial charge on any atom is 0.336 e. The van der Waals surface area contributed by atoms with Crippen molar-refractivity contribution >= 4 is 11.7 Å². The maximum absolute atomic E-state index is 12.6. The van der Waals surface area contributed by atoms with Gasteiger partial charge in [0, 0.05) is 11.1 Å². The van der Waals surface area contributed by atoms with Crippen molar-refractivity contribution in [2.75, 3.05) is 25.6 Å². The van der Waals surface area contributed by atoms with Crippen molar-refractivity contribution in [1.29, 1.82) is 0 Å². The number of anilines is 1. The van der Waals surface area contributed by atoms with Crippen molar-refractivity contribution in [3.63, 3.8) is 0 Å². The number of fused-ring (bicyclic) bond motifs is 1. The Bertz CT molecular complexity index is 987. The number of hydrogen-bond acceptors (Lipinski definition) is 6. The second-order valence-electron chi connectivity index (χ2n) is 10.9. The van der Waals surface area contributed by atoms with Crippen LogP contribution in [0.1, 0.15) is 51.5 Å². The molecule has 1 aliphatic heterocycles. The highest BCUT2D eigenvalue weighted by atomic mass is 16.5. The fourth-order valence-corrected chi connectivity index (χ4v) is 6.91. The predicted molar refractivity (Wildman–Crippen MR) is 133 cm³/mol. The molecule has 2 fully saturated rings. The molecule has 0 aromatic heterocycles. The van der Waals surface area contributed by atoms with E-state index in [9.17, 15) is 15.0 Å². The fourth-order valence-electron chi connectivity index (χ4n) is 6.91. The number of carbonyl (C=O) groups excluding carboxylic acids is 1. The van der Waals surface area contributed by atoms with E-state index in [2.05, 4.69) is 18.8 Å². The van der Waals surface area contributed by atoms with E-state index >= 15 is 0 Å². The van der Waals surface area contributed by atoms with Gasteiger partial charge in [-0.1, -0.05) is 26.0 Å². The number of nitrogens with one attached hydrogen (secondary N) is 1. The van der Waals surface area contributed by atoms with Crippen LogP contribution in [0.4, 0.5) is 5.69 Å². The third kappa shape index (κ3) is 4.16. The molecule has 3 aliphatic rings. The first-order valence-electron chi connectivity index (χ1n) is 12.4. The predicted octanol–water partition coefficient (Wildman–Crippen LogP) is 4.40. The first-order chi connectivity index (χ1) is 16.1. The molecule has 6 nitrogen and oxygen atoms in total. The molecule has 3 unspecified atom stereocenters. The molecule has 2 saturated carbocycles. The number of esters is 1. The molecule has 4 rings (SSSR count). The van der Waals surface area contributed by atoms with E-state index in [1.54, 1.807) is 7.11 Å². The minimum Gasteiger partial charge on any atom is -0.497 e. The Morgan fingerprint density at radius 3 is 2.71 bits per heavy atom. The van der Waals surface area contributed by atoms with Gasteiger partial charge in [-0.3, -0.25) is 0 Å². The molecule has 1 aromatic rings. The Labute approximate surface area is 203 Å². The summed E-state index contributed by atoms with van der Waals surface area (Å²) in [6.45, 7) is 11.1. The minimum atomic E-state index is -0.535. The number of aliphatic hydroxyl groups excluding tert-OH is 2. The van der Waals surface area contributed by atoms with Gasteiger partial charge in [-0.2, -0.15) is 0 Å². The van der Waals surface area contributed by atoms with Crippen LogP contribution in [0.15, 0.2) is 42.0 Å². The molecule has 3 N–H and O–H groups in total. The summed E-state index contributed by atoms with van der Waals surface area (Å²) in [7, 11) is 1.65. The van der Waals surface area contributed by atoms with Gasteiger partial charge in [-0.05, 0) is 86.1 Å². The molecule has 0 spiro atoms. The van der Waals surface area contributed by atoms with Crippen LogP contribution in [0.25, 0.3) is 0 Å². The number of benzene rings is 1. The Morgan fingerprint density at radius 1 is 1.32 bits per heavy atom. The number of carbonyl (C=O) groups is 1. The molecular weight excluding hydrogens is 430 g/mol. The van der Waals surface area contributed by atoms with Crippen LogP contribution >= 0.6 is 0 Å². The molecule has 186 valence electrons. The topological polar surface area (TPSA) is 88.0 Å². The summed E-state index contributed by atoms with van der Waals surface area (Å²) < 4.78 is 10.6. The first-order valence-corrected chi connectivity index (χ1v) is 12.4. The second kappa shape index (κ2) is 9.38. The minimum absolute atomic E-state index is 0.0299. The molecule has 2 aliphatic carbocycles. The number of cyclic esters (lactones) is 1. The Balaban J connectivity index is 1.67. The van der Waals surface area contributed by atoms with E-state index in [-0.39, 0.29) is 35.9 Å². The van der Waals surface area contributed by atoms with Crippen molar-refractivity contribution in [3.05, 3.63) is 47.6 Å². The molecule has 6 atom stereocenters. The number of aliphatic hydroxyl groups is 2. The highest BCUT2D eigenvalue weighted by molar-refractivity contribution is 5.92. The summed E-state index contributed by atoms with van der Waals surface area (Å²) in [4.78, 5) is 12.6. The molecule has 1 aromatic carbocycles. The zero-order valence-electron chi connectivity index (χ0n) is 20.9. The molecule has 1 heterocycles. The lowest BCUT2D eigenvalue weighted by atomic mass is 9.46. The van der Waals surface area contributed by atoms with E-state index in [1.165, 1.54) is 5.57 Å². The monoisotopic (exact) mass is 469 g/mol. The number of aryl methyl sites for hydroxylation is 1. The number of methoxy groups -OCH3 is 1. The van der Waals surface area contributed by atoms with Crippen LogP contribution in [-0.4, -0.2) is 48.7 Å². The smallest absolute Gasteiger partial charge is 0.336 e. The molecular formula is C28H39NO5. The second-order valence-corrected chi connectivity index (χ2v) is 10.9. The lowest BCUT2D eigenvalue weighted by Gasteiger charge is -2.60. The highest BCUT2D eigenvalue weighted by Crippen LogP contribution is 2.62. The van der Waals surface area contributed by atoms with Gasteiger partial charge < -0.3 is 25.0 Å². The number of hydrogen-bond donors (Lipinski definition) is 3. The largest absolute Gasteiger partial charge is 0.497 e. The van der Waals surface area contributed by atoms with Gasteiger partial charge in [0.2, 0.25) is 0 Å². The Kier molecular flexibility index (Phi) is 6.85. The zero-order valence-corrected chi connectivity index (χ0v) is 20.9. The highest BCUT2D eigenvalue weighted by Gasteiger charge is 2.58. The summed E-state index contributed by atoms with van der Waals surface area (Å²) >= 11 is 0. The quantitative estimate of drug-likeness (QED) is 0.405. The molecule has 34 heavy (non-hydrogen) atoms. The van der Waals surface area contributed by atoms with Crippen molar-refractivity contribution < 1.29 is 24.5 Å². The fraction of sp³-hybridized carbons (Fsp3) is 0.607. The van der Waals surface area contributed by atoms with Gasteiger partial charge in [0.05, 0.1) is 31.4 Å². The van der Waals surface area contributed by atoms with Crippen LogP contribution in [0.5, 0.6) is 5.75 Å². The van der Waals surface area contributed by atoms with Crippen molar-refractivity contribution in [2.24, 2.45) is 22.7 Å². The van der Waals surface area contributed by atoms with Gasteiger partial charge in [-0.15, -0.1) is 0 Å². The van der Waals surface area contributed by atoms with Crippen LogP contribution in [-0.2, 0) is 9.53 Å². The van der Waals surface area contributed by atoms with Crippen LogP contribution in [0, 0.1) is 29.6 Å². The van der Waals surface area contributed by atoms with Gasteiger partial charge in [-0.25, -0.2) is 4.79 Å². The van der Waals surface area contributed by atoms with E-state index in [0.717, 1.165) is 36.3 Å². The summed E-state index contributed by atoms with van der Waals surface area (Å²) in [5, 5.41) is 24.8. The maximum atomic E-state index is 12.6. The SMILES string of the molecule is C=C1CCC2[C@](C)(CO)C(O)CC[C@]2(C)[C@H]1CC(Nc1ccc(OC)cc1C)C1=CCOC1=O. The summed E-state index contributed by atoms with van der Waals surface area (Å²) in [6, 6.07) is 5.65. The van der Waals surface area contributed by atoms with Crippen LogP contribution in [0.3, 0.4) is 0 Å². The van der Waals surface area contributed by atoms with E-state index in [1.807, 2.05) is 38.1 Å². The van der Waals surface area contributed by atoms with Gasteiger partial charge >= 0.3 is 5.97 Å². The van der Waals surface area contributed by atoms with Crippen LogP contribution < -0.4 is 10.1 Å².